The number of hydrogen-bond donors (Lipinski definition) is 1. The first-order chi connectivity index (χ1) is 17.3. The molecule has 0 amide bonds. The molecule has 0 bridgehead atoms. The lowest BCUT2D eigenvalue weighted by atomic mass is 9.96. The van der Waals surface area contributed by atoms with Crippen molar-refractivity contribution in [2.45, 2.75) is 26.8 Å². The van der Waals surface area contributed by atoms with Crippen molar-refractivity contribution in [1.29, 1.82) is 0 Å². The molecule has 1 atom stereocenters. The van der Waals surface area contributed by atoms with Gasteiger partial charge in [-0.1, -0.05) is 23.5 Å². The summed E-state index contributed by atoms with van der Waals surface area (Å²) < 4.78 is 18.7. The molecular formula is C26H25IN2O6S. The summed E-state index contributed by atoms with van der Waals surface area (Å²) in [7, 11) is 1.47. The monoisotopic (exact) mass is 620 g/mol. The van der Waals surface area contributed by atoms with Crippen LogP contribution in [0.2, 0.25) is 0 Å². The van der Waals surface area contributed by atoms with Crippen LogP contribution < -0.4 is 24.4 Å². The quantitative estimate of drug-likeness (QED) is 0.321. The Balaban J connectivity index is 1.92. The van der Waals surface area contributed by atoms with Crippen molar-refractivity contribution in [2.75, 3.05) is 20.3 Å². The third-order valence-corrected chi connectivity index (χ3v) is 7.40. The number of carbonyl (C=O) groups excluding carboxylic acids is 1. The Labute approximate surface area is 225 Å². The molecule has 1 N–H and O–H groups in total. The maximum absolute atomic E-state index is 13.7. The van der Waals surface area contributed by atoms with Gasteiger partial charge < -0.3 is 19.3 Å². The van der Waals surface area contributed by atoms with Gasteiger partial charge in [-0.05, 0) is 84.8 Å². The first kappa shape index (κ1) is 26.0. The SMILES string of the molecule is CCOC(=O)C1=C(C)N=c2s/c(=C\c3cc(I)c(O)c(OC)c3)c(=O)n2C1c1ccc(OCC)cc1. The van der Waals surface area contributed by atoms with E-state index in [1.165, 1.54) is 23.0 Å². The Morgan fingerprint density at radius 2 is 1.94 bits per heavy atom. The van der Waals surface area contributed by atoms with Gasteiger partial charge in [-0.3, -0.25) is 9.36 Å². The molecule has 0 spiro atoms. The van der Waals surface area contributed by atoms with E-state index in [0.717, 1.165) is 5.56 Å². The summed E-state index contributed by atoms with van der Waals surface area (Å²) in [6.45, 7) is 6.13. The number of rotatable bonds is 7. The number of phenolic OH excluding ortho intramolecular Hbond substituents is 1. The molecule has 1 aliphatic rings. The van der Waals surface area contributed by atoms with Crippen molar-refractivity contribution in [1.82, 2.24) is 4.57 Å². The molecule has 36 heavy (non-hydrogen) atoms. The average Bonchev–Trinajstić information content (AvgIpc) is 3.15. The van der Waals surface area contributed by atoms with E-state index in [1.54, 1.807) is 32.1 Å². The van der Waals surface area contributed by atoms with E-state index < -0.39 is 12.0 Å². The molecule has 0 aliphatic carbocycles. The molecule has 1 aliphatic heterocycles. The zero-order chi connectivity index (χ0) is 26.0. The van der Waals surface area contributed by atoms with Crippen LogP contribution in [-0.2, 0) is 9.53 Å². The molecule has 2 heterocycles. The first-order valence-electron chi connectivity index (χ1n) is 11.3. The number of aromatic hydroxyl groups is 1. The van der Waals surface area contributed by atoms with Gasteiger partial charge in [-0.2, -0.15) is 0 Å². The van der Waals surface area contributed by atoms with Gasteiger partial charge in [0.2, 0.25) is 0 Å². The molecule has 3 aromatic rings. The number of thiazole rings is 1. The summed E-state index contributed by atoms with van der Waals surface area (Å²) in [6.07, 6.45) is 1.73. The van der Waals surface area contributed by atoms with E-state index in [-0.39, 0.29) is 17.9 Å². The highest BCUT2D eigenvalue weighted by Gasteiger charge is 2.33. The molecule has 1 unspecified atom stereocenters. The number of ether oxygens (including phenoxy) is 3. The first-order valence-corrected chi connectivity index (χ1v) is 13.2. The molecular weight excluding hydrogens is 595 g/mol. The normalized spacial score (nSPS) is 15.4. The summed E-state index contributed by atoms with van der Waals surface area (Å²) in [5, 5.41) is 10.2. The maximum atomic E-state index is 13.7. The number of phenols is 1. The summed E-state index contributed by atoms with van der Waals surface area (Å²) in [6, 6.07) is 10.0. The molecule has 4 rings (SSSR count). The molecule has 0 radical (unpaired) electrons. The number of methoxy groups -OCH3 is 1. The molecule has 0 saturated carbocycles. The fraction of sp³-hybridized carbons (Fsp3) is 0.269. The fourth-order valence-corrected chi connectivity index (χ4v) is 5.68. The predicted octanol–water partition coefficient (Wildman–Crippen LogP) is 3.52. The largest absolute Gasteiger partial charge is 0.504 e. The third-order valence-electron chi connectivity index (χ3n) is 5.59. The number of benzene rings is 2. The fourth-order valence-electron chi connectivity index (χ4n) is 4.00. The van der Waals surface area contributed by atoms with Crippen molar-refractivity contribution >= 4 is 46.0 Å². The molecule has 0 saturated heterocycles. The van der Waals surface area contributed by atoms with Gasteiger partial charge in [-0.15, -0.1) is 0 Å². The van der Waals surface area contributed by atoms with Crippen LogP contribution in [0.1, 0.15) is 37.9 Å². The minimum Gasteiger partial charge on any atom is -0.504 e. The van der Waals surface area contributed by atoms with Crippen LogP contribution in [0.3, 0.4) is 0 Å². The van der Waals surface area contributed by atoms with Crippen LogP contribution in [0.25, 0.3) is 6.08 Å². The number of esters is 1. The Kier molecular flexibility index (Phi) is 7.84. The standard InChI is InChI=1S/C26H25IN2O6S/c1-5-34-17-9-7-16(8-10-17)22-21(25(32)35-6-2)14(3)28-26-29(22)24(31)20(36-26)13-15-11-18(27)23(30)19(12-15)33-4/h7-13,22,30H,5-6H2,1-4H3/b20-13-. The number of aromatic nitrogens is 1. The second-order valence-corrected chi connectivity index (χ2v) is 10.0. The third kappa shape index (κ3) is 4.92. The summed E-state index contributed by atoms with van der Waals surface area (Å²) >= 11 is 3.24. The van der Waals surface area contributed by atoms with E-state index in [1.807, 2.05) is 53.8 Å². The predicted molar refractivity (Wildman–Crippen MR) is 145 cm³/mol. The van der Waals surface area contributed by atoms with E-state index in [2.05, 4.69) is 4.99 Å². The Bertz CT molecular complexity index is 1520. The van der Waals surface area contributed by atoms with Gasteiger partial charge in [0, 0.05) is 0 Å². The van der Waals surface area contributed by atoms with Gasteiger partial charge in [-0.25, -0.2) is 9.79 Å². The number of halogens is 1. The average molecular weight is 620 g/mol. The summed E-state index contributed by atoms with van der Waals surface area (Å²) in [5.74, 6) is 0.545. The Morgan fingerprint density at radius 3 is 2.58 bits per heavy atom. The molecule has 188 valence electrons. The van der Waals surface area contributed by atoms with Crippen molar-refractivity contribution in [3.63, 3.8) is 0 Å². The number of fused-ring (bicyclic) bond motifs is 1. The van der Waals surface area contributed by atoms with Crippen LogP contribution in [0.4, 0.5) is 0 Å². The molecule has 2 aromatic carbocycles. The highest BCUT2D eigenvalue weighted by atomic mass is 127. The van der Waals surface area contributed by atoms with Gasteiger partial charge in [0.05, 0.1) is 45.7 Å². The number of carbonyl (C=O) groups is 1. The lowest BCUT2D eigenvalue weighted by Gasteiger charge is -2.24. The second-order valence-electron chi connectivity index (χ2n) is 7.86. The minimum atomic E-state index is -0.701. The van der Waals surface area contributed by atoms with E-state index in [0.29, 0.717) is 47.8 Å². The highest BCUT2D eigenvalue weighted by Crippen LogP contribution is 2.33. The van der Waals surface area contributed by atoms with Gasteiger partial charge in [0.1, 0.15) is 5.75 Å². The Hall–Kier alpha value is -3.12. The second kappa shape index (κ2) is 10.9. The minimum absolute atomic E-state index is 0.0434. The maximum Gasteiger partial charge on any atom is 0.338 e. The van der Waals surface area contributed by atoms with Crippen molar-refractivity contribution < 1.29 is 24.1 Å². The molecule has 8 nitrogen and oxygen atoms in total. The number of hydrogen-bond acceptors (Lipinski definition) is 8. The van der Waals surface area contributed by atoms with Crippen LogP contribution in [-0.4, -0.2) is 36.0 Å². The molecule has 0 fully saturated rings. The summed E-state index contributed by atoms with van der Waals surface area (Å²) in [5.41, 5.74) is 1.97. The zero-order valence-corrected chi connectivity index (χ0v) is 23.2. The molecule has 1 aromatic heterocycles. The summed E-state index contributed by atoms with van der Waals surface area (Å²) in [4.78, 5) is 31.8. The van der Waals surface area contributed by atoms with Crippen molar-refractivity contribution in [2.24, 2.45) is 4.99 Å². The topological polar surface area (TPSA) is 99.4 Å². The Morgan fingerprint density at radius 1 is 1.22 bits per heavy atom. The van der Waals surface area contributed by atoms with Crippen LogP contribution in [0, 0.1) is 3.57 Å². The highest BCUT2D eigenvalue weighted by molar-refractivity contribution is 14.1. The van der Waals surface area contributed by atoms with Gasteiger partial charge >= 0.3 is 5.97 Å². The van der Waals surface area contributed by atoms with E-state index in [4.69, 9.17) is 14.2 Å². The number of allylic oxidation sites excluding steroid dienone is 1. The smallest absolute Gasteiger partial charge is 0.338 e. The van der Waals surface area contributed by atoms with E-state index in [9.17, 15) is 14.7 Å². The van der Waals surface area contributed by atoms with Crippen molar-refractivity contribution in [3.05, 3.63) is 82.1 Å². The van der Waals surface area contributed by atoms with Crippen molar-refractivity contribution in [3.8, 4) is 17.2 Å². The lowest BCUT2D eigenvalue weighted by Crippen LogP contribution is -2.39. The van der Waals surface area contributed by atoms with Gasteiger partial charge in [0.15, 0.2) is 16.3 Å². The molecule has 10 heteroatoms. The lowest BCUT2D eigenvalue weighted by molar-refractivity contribution is -0.139. The van der Waals surface area contributed by atoms with Crippen LogP contribution >= 0.6 is 33.9 Å². The zero-order valence-electron chi connectivity index (χ0n) is 20.2. The van der Waals surface area contributed by atoms with Crippen LogP contribution in [0.15, 0.2) is 57.5 Å². The van der Waals surface area contributed by atoms with Crippen LogP contribution in [0.5, 0.6) is 17.2 Å². The number of nitrogens with zero attached hydrogens (tertiary/aromatic N) is 2. The van der Waals surface area contributed by atoms with E-state index >= 15 is 0 Å². The van der Waals surface area contributed by atoms with Gasteiger partial charge in [0.25, 0.3) is 5.56 Å².